The SMILES string of the molecule is CNC(=O)c1cc(NC(=O)NC2CCCCC2C)ccc1F. The summed E-state index contributed by atoms with van der Waals surface area (Å²) < 4.78 is 13.6. The maximum atomic E-state index is 13.6. The predicted octanol–water partition coefficient (Wildman–Crippen LogP) is 2.89. The Kier molecular flexibility index (Phi) is 5.35. The molecule has 0 aromatic heterocycles. The number of hydrogen-bond donors (Lipinski definition) is 3. The maximum Gasteiger partial charge on any atom is 0.319 e. The number of anilines is 1. The van der Waals surface area contributed by atoms with Gasteiger partial charge in [0.15, 0.2) is 0 Å². The number of halogens is 1. The van der Waals surface area contributed by atoms with E-state index in [4.69, 9.17) is 0 Å². The standard InChI is InChI=1S/C16H22FN3O2/c1-10-5-3-4-6-14(10)20-16(22)19-11-7-8-13(17)12(9-11)15(21)18-2/h7-10,14H,3-6H2,1-2H3,(H,18,21)(H2,19,20,22). The number of carbonyl (C=O) groups is 2. The molecule has 1 aromatic rings. The van der Waals surface area contributed by atoms with Crippen molar-refractivity contribution >= 4 is 17.6 Å². The number of rotatable bonds is 3. The van der Waals surface area contributed by atoms with Gasteiger partial charge in [0.25, 0.3) is 5.91 Å². The molecule has 3 amide bonds. The van der Waals surface area contributed by atoms with Crippen LogP contribution in [0.3, 0.4) is 0 Å². The highest BCUT2D eigenvalue weighted by Gasteiger charge is 2.23. The summed E-state index contributed by atoms with van der Waals surface area (Å²) in [5.41, 5.74) is 0.298. The van der Waals surface area contributed by atoms with Gasteiger partial charge >= 0.3 is 6.03 Å². The molecule has 1 aromatic carbocycles. The summed E-state index contributed by atoms with van der Waals surface area (Å²) in [5.74, 6) is -0.692. The zero-order valence-corrected chi connectivity index (χ0v) is 12.9. The number of amides is 3. The highest BCUT2D eigenvalue weighted by molar-refractivity contribution is 5.97. The molecule has 6 heteroatoms. The average Bonchev–Trinajstić information content (AvgIpc) is 2.50. The molecule has 2 unspecified atom stereocenters. The van der Waals surface area contributed by atoms with Gasteiger partial charge in [-0.2, -0.15) is 0 Å². The number of benzene rings is 1. The molecule has 1 fully saturated rings. The first kappa shape index (κ1) is 16.3. The molecule has 1 saturated carbocycles. The monoisotopic (exact) mass is 307 g/mol. The summed E-state index contributed by atoms with van der Waals surface area (Å²) in [6, 6.07) is 3.77. The van der Waals surface area contributed by atoms with E-state index in [2.05, 4.69) is 22.9 Å². The molecular weight excluding hydrogens is 285 g/mol. The van der Waals surface area contributed by atoms with E-state index >= 15 is 0 Å². The summed E-state index contributed by atoms with van der Waals surface area (Å²) in [6.45, 7) is 2.13. The van der Waals surface area contributed by atoms with Crippen LogP contribution in [-0.4, -0.2) is 25.0 Å². The zero-order valence-electron chi connectivity index (χ0n) is 12.9. The van der Waals surface area contributed by atoms with Gasteiger partial charge in [0, 0.05) is 18.8 Å². The van der Waals surface area contributed by atoms with Crippen LogP contribution < -0.4 is 16.0 Å². The Morgan fingerprint density at radius 1 is 1.23 bits per heavy atom. The third-order valence-corrected chi connectivity index (χ3v) is 4.12. The minimum absolute atomic E-state index is 0.0914. The van der Waals surface area contributed by atoms with Crippen molar-refractivity contribution in [3.63, 3.8) is 0 Å². The third-order valence-electron chi connectivity index (χ3n) is 4.12. The minimum Gasteiger partial charge on any atom is -0.355 e. The highest BCUT2D eigenvalue weighted by atomic mass is 19.1. The normalized spacial score (nSPS) is 21.0. The molecule has 0 bridgehead atoms. The summed E-state index contributed by atoms with van der Waals surface area (Å²) in [6.07, 6.45) is 4.41. The molecule has 0 aliphatic heterocycles. The summed E-state index contributed by atoms with van der Waals surface area (Å²) in [4.78, 5) is 23.6. The summed E-state index contributed by atoms with van der Waals surface area (Å²) in [7, 11) is 1.43. The maximum absolute atomic E-state index is 13.6. The highest BCUT2D eigenvalue weighted by Crippen LogP contribution is 2.24. The molecule has 0 radical (unpaired) electrons. The van der Waals surface area contributed by atoms with Crippen LogP contribution in [0.5, 0.6) is 0 Å². The average molecular weight is 307 g/mol. The third kappa shape index (κ3) is 3.96. The van der Waals surface area contributed by atoms with Crippen LogP contribution in [0.1, 0.15) is 43.0 Å². The minimum atomic E-state index is -0.619. The Balaban J connectivity index is 2.00. The topological polar surface area (TPSA) is 70.2 Å². The van der Waals surface area contributed by atoms with Gasteiger partial charge in [0.1, 0.15) is 5.82 Å². The van der Waals surface area contributed by atoms with Crippen LogP contribution in [0, 0.1) is 11.7 Å². The smallest absolute Gasteiger partial charge is 0.319 e. The molecule has 2 rings (SSSR count). The van der Waals surface area contributed by atoms with Crippen molar-refractivity contribution < 1.29 is 14.0 Å². The van der Waals surface area contributed by atoms with E-state index in [9.17, 15) is 14.0 Å². The van der Waals surface area contributed by atoms with Gasteiger partial charge < -0.3 is 16.0 Å². The number of carbonyl (C=O) groups excluding carboxylic acids is 2. The molecule has 0 saturated heterocycles. The molecule has 22 heavy (non-hydrogen) atoms. The van der Waals surface area contributed by atoms with Crippen LogP contribution >= 0.6 is 0 Å². The van der Waals surface area contributed by atoms with E-state index in [0.717, 1.165) is 19.3 Å². The largest absolute Gasteiger partial charge is 0.355 e. The van der Waals surface area contributed by atoms with Crippen LogP contribution in [0.25, 0.3) is 0 Å². The van der Waals surface area contributed by atoms with Crippen molar-refractivity contribution in [2.75, 3.05) is 12.4 Å². The Morgan fingerprint density at radius 2 is 1.95 bits per heavy atom. The van der Waals surface area contributed by atoms with E-state index in [1.165, 1.54) is 31.7 Å². The van der Waals surface area contributed by atoms with Gasteiger partial charge in [0.05, 0.1) is 5.56 Å². The quantitative estimate of drug-likeness (QED) is 0.803. The predicted molar refractivity (Wildman–Crippen MR) is 83.4 cm³/mol. The fourth-order valence-electron chi connectivity index (χ4n) is 2.78. The van der Waals surface area contributed by atoms with Crippen LogP contribution in [0.15, 0.2) is 18.2 Å². The Morgan fingerprint density at radius 3 is 2.64 bits per heavy atom. The van der Waals surface area contributed by atoms with Crippen molar-refractivity contribution in [1.82, 2.24) is 10.6 Å². The summed E-state index contributed by atoms with van der Waals surface area (Å²) in [5, 5.41) is 7.98. The lowest BCUT2D eigenvalue weighted by Crippen LogP contribution is -2.43. The second-order valence-corrected chi connectivity index (χ2v) is 5.74. The zero-order chi connectivity index (χ0) is 16.1. The first-order valence-corrected chi connectivity index (χ1v) is 7.60. The van der Waals surface area contributed by atoms with Crippen molar-refractivity contribution in [2.45, 2.75) is 38.6 Å². The van der Waals surface area contributed by atoms with Crippen molar-refractivity contribution in [3.05, 3.63) is 29.6 Å². The van der Waals surface area contributed by atoms with Gasteiger partial charge in [-0.05, 0) is 37.0 Å². The van der Waals surface area contributed by atoms with E-state index in [1.807, 2.05) is 0 Å². The fourth-order valence-corrected chi connectivity index (χ4v) is 2.78. The van der Waals surface area contributed by atoms with Gasteiger partial charge in [-0.15, -0.1) is 0 Å². The van der Waals surface area contributed by atoms with Gasteiger partial charge in [0.2, 0.25) is 0 Å². The molecule has 120 valence electrons. The molecule has 1 aliphatic carbocycles. The van der Waals surface area contributed by atoms with Crippen LogP contribution in [0.2, 0.25) is 0 Å². The van der Waals surface area contributed by atoms with E-state index in [-0.39, 0.29) is 17.6 Å². The second-order valence-electron chi connectivity index (χ2n) is 5.74. The number of urea groups is 1. The van der Waals surface area contributed by atoms with Crippen molar-refractivity contribution in [3.8, 4) is 0 Å². The summed E-state index contributed by atoms with van der Waals surface area (Å²) >= 11 is 0. The molecular formula is C16H22FN3O2. The van der Waals surface area contributed by atoms with E-state index < -0.39 is 11.7 Å². The molecule has 1 aliphatic rings. The van der Waals surface area contributed by atoms with E-state index in [1.54, 1.807) is 0 Å². The fraction of sp³-hybridized carbons (Fsp3) is 0.500. The van der Waals surface area contributed by atoms with Gasteiger partial charge in [-0.25, -0.2) is 9.18 Å². The number of nitrogens with one attached hydrogen (secondary N) is 3. The van der Waals surface area contributed by atoms with Crippen molar-refractivity contribution in [1.29, 1.82) is 0 Å². The lowest BCUT2D eigenvalue weighted by molar-refractivity contribution is 0.0959. The second kappa shape index (κ2) is 7.24. The molecule has 3 N–H and O–H groups in total. The molecule has 0 heterocycles. The van der Waals surface area contributed by atoms with Crippen molar-refractivity contribution in [2.24, 2.45) is 5.92 Å². The Labute approximate surface area is 129 Å². The first-order valence-electron chi connectivity index (χ1n) is 7.60. The lowest BCUT2D eigenvalue weighted by Gasteiger charge is -2.29. The van der Waals surface area contributed by atoms with E-state index in [0.29, 0.717) is 11.6 Å². The van der Waals surface area contributed by atoms with Crippen LogP contribution in [0.4, 0.5) is 14.9 Å². The number of hydrogen-bond acceptors (Lipinski definition) is 2. The first-order chi connectivity index (χ1) is 10.5. The van der Waals surface area contributed by atoms with Gasteiger partial charge in [-0.3, -0.25) is 4.79 Å². The molecule has 2 atom stereocenters. The van der Waals surface area contributed by atoms with Crippen LogP contribution in [-0.2, 0) is 0 Å². The Bertz CT molecular complexity index is 562. The lowest BCUT2D eigenvalue weighted by atomic mass is 9.86. The van der Waals surface area contributed by atoms with Gasteiger partial charge in [-0.1, -0.05) is 19.8 Å². The molecule has 0 spiro atoms. The Hall–Kier alpha value is -2.11. The molecule has 5 nitrogen and oxygen atoms in total.